The Morgan fingerprint density at radius 2 is 2.19 bits per heavy atom. The molecule has 0 atom stereocenters. The van der Waals surface area contributed by atoms with E-state index in [-0.39, 0.29) is 17.9 Å². The first-order chi connectivity index (χ1) is 7.65. The molecule has 0 saturated heterocycles. The standard InChI is InChI=1S/C10H9N3O3/c1-2-7-11-10(14)12-8-5-3-4-6-9(8)13(15)16/h1,3-6H,7H2,(H2,11,12,14). The summed E-state index contributed by atoms with van der Waals surface area (Å²) < 4.78 is 0. The third-order valence-corrected chi connectivity index (χ3v) is 1.70. The van der Waals surface area contributed by atoms with Crippen molar-refractivity contribution in [1.29, 1.82) is 0 Å². The number of para-hydroxylation sites is 2. The fourth-order valence-electron chi connectivity index (χ4n) is 1.04. The summed E-state index contributed by atoms with van der Waals surface area (Å²) in [7, 11) is 0. The molecular formula is C10H9N3O3. The van der Waals surface area contributed by atoms with Crippen molar-refractivity contribution >= 4 is 17.4 Å². The van der Waals surface area contributed by atoms with Crippen LogP contribution in [0, 0.1) is 22.5 Å². The van der Waals surface area contributed by atoms with Crippen LogP contribution in [0.2, 0.25) is 0 Å². The number of benzene rings is 1. The number of hydrogen-bond donors (Lipinski definition) is 2. The highest BCUT2D eigenvalue weighted by atomic mass is 16.6. The van der Waals surface area contributed by atoms with Crippen LogP contribution in [0.3, 0.4) is 0 Å². The van der Waals surface area contributed by atoms with Gasteiger partial charge < -0.3 is 10.6 Å². The van der Waals surface area contributed by atoms with Crippen LogP contribution in [0.15, 0.2) is 24.3 Å². The molecule has 82 valence electrons. The van der Waals surface area contributed by atoms with Crippen molar-refractivity contribution in [1.82, 2.24) is 5.32 Å². The summed E-state index contributed by atoms with van der Waals surface area (Å²) in [5.74, 6) is 2.22. The molecule has 0 saturated carbocycles. The average Bonchev–Trinajstić information content (AvgIpc) is 2.27. The third kappa shape index (κ3) is 2.99. The number of anilines is 1. The number of carbonyl (C=O) groups is 1. The fourth-order valence-corrected chi connectivity index (χ4v) is 1.04. The molecule has 0 bridgehead atoms. The van der Waals surface area contributed by atoms with Gasteiger partial charge in [-0.15, -0.1) is 6.42 Å². The molecule has 6 nitrogen and oxygen atoms in total. The van der Waals surface area contributed by atoms with Gasteiger partial charge in [-0.05, 0) is 6.07 Å². The first-order valence-corrected chi connectivity index (χ1v) is 4.37. The normalized spacial score (nSPS) is 8.94. The lowest BCUT2D eigenvalue weighted by Crippen LogP contribution is -2.29. The van der Waals surface area contributed by atoms with Crippen molar-refractivity contribution in [2.24, 2.45) is 0 Å². The Labute approximate surface area is 91.8 Å². The third-order valence-electron chi connectivity index (χ3n) is 1.70. The van der Waals surface area contributed by atoms with Crippen LogP contribution in [-0.2, 0) is 0 Å². The molecule has 1 rings (SSSR count). The first-order valence-electron chi connectivity index (χ1n) is 4.37. The van der Waals surface area contributed by atoms with Crippen LogP contribution >= 0.6 is 0 Å². The second kappa shape index (κ2) is 5.36. The van der Waals surface area contributed by atoms with E-state index in [4.69, 9.17) is 6.42 Å². The molecule has 16 heavy (non-hydrogen) atoms. The molecule has 0 aliphatic rings. The minimum Gasteiger partial charge on any atom is -0.327 e. The van der Waals surface area contributed by atoms with Crippen LogP contribution in [0.25, 0.3) is 0 Å². The lowest BCUT2D eigenvalue weighted by molar-refractivity contribution is -0.383. The number of nitrogens with zero attached hydrogens (tertiary/aromatic N) is 1. The van der Waals surface area contributed by atoms with Gasteiger partial charge in [-0.3, -0.25) is 10.1 Å². The second-order valence-corrected chi connectivity index (χ2v) is 2.79. The van der Waals surface area contributed by atoms with Gasteiger partial charge in [0.05, 0.1) is 11.5 Å². The second-order valence-electron chi connectivity index (χ2n) is 2.79. The van der Waals surface area contributed by atoms with Gasteiger partial charge in [-0.1, -0.05) is 18.1 Å². The summed E-state index contributed by atoms with van der Waals surface area (Å²) in [4.78, 5) is 21.3. The number of terminal acetylenes is 1. The zero-order valence-corrected chi connectivity index (χ0v) is 8.27. The maximum atomic E-state index is 11.2. The van der Waals surface area contributed by atoms with Gasteiger partial charge >= 0.3 is 6.03 Å². The molecule has 2 amide bonds. The van der Waals surface area contributed by atoms with Gasteiger partial charge in [0.2, 0.25) is 0 Å². The van der Waals surface area contributed by atoms with Gasteiger partial charge in [-0.25, -0.2) is 4.79 Å². The lowest BCUT2D eigenvalue weighted by atomic mass is 10.3. The fraction of sp³-hybridized carbons (Fsp3) is 0.100. The van der Waals surface area contributed by atoms with Gasteiger partial charge in [0.25, 0.3) is 5.69 Å². The summed E-state index contributed by atoms with van der Waals surface area (Å²) in [6, 6.07) is 5.27. The Kier molecular flexibility index (Phi) is 3.86. The zero-order valence-electron chi connectivity index (χ0n) is 8.27. The number of rotatable bonds is 3. The van der Waals surface area contributed by atoms with E-state index in [2.05, 4.69) is 16.6 Å². The molecule has 1 aromatic rings. The average molecular weight is 219 g/mol. The Morgan fingerprint density at radius 3 is 2.81 bits per heavy atom. The Hall–Kier alpha value is -2.55. The Balaban J connectivity index is 2.77. The van der Waals surface area contributed by atoms with E-state index < -0.39 is 11.0 Å². The monoisotopic (exact) mass is 219 g/mol. The summed E-state index contributed by atoms with van der Waals surface area (Å²) >= 11 is 0. The zero-order chi connectivity index (χ0) is 12.0. The molecule has 0 aromatic heterocycles. The molecule has 1 aromatic carbocycles. The topological polar surface area (TPSA) is 84.3 Å². The van der Waals surface area contributed by atoms with E-state index >= 15 is 0 Å². The van der Waals surface area contributed by atoms with Gasteiger partial charge in [0.1, 0.15) is 5.69 Å². The predicted molar refractivity (Wildman–Crippen MR) is 59.0 cm³/mol. The molecule has 0 spiro atoms. The Morgan fingerprint density at radius 1 is 1.50 bits per heavy atom. The maximum absolute atomic E-state index is 11.2. The highest BCUT2D eigenvalue weighted by Crippen LogP contribution is 2.22. The highest BCUT2D eigenvalue weighted by Gasteiger charge is 2.13. The molecule has 0 heterocycles. The Bertz CT molecular complexity index is 451. The minimum absolute atomic E-state index is 0.0620. The van der Waals surface area contributed by atoms with E-state index in [1.165, 1.54) is 18.2 Å². The molecular weight excluding hydrogens is 210 g/mol. The number of carbonyl (C=O) groups excluding carboxylic acids is 1. The maximum Gasteiger partial charge on any atom is 0.320 e. The van der Waals surface area contributed by atoms with Crippen molar-refractivity contribution in [3.63, 3.8) is 0 Å². The number of hydrogen-bond acceptors (Lipinski definition) is 3. The van der Waals surface area contributed by atoms with Crippen molar-refractivity contribution in [3.05, 3.63) is 34.4 Å². The highest BCUT2D eigenvalue weighted by molar-refractivity contribution is 5.91. The van der Waals surface area contributed by atoms with E-state index in [1.54, 1.807) is 6.07 Å². The molecule has 6 heteroatoms. The minimum atomic E-state index is -0.577. The van der Waals surface area contributed by atoms with Crippen molar-refractivity contribution in [2.75, 3.05) is 11.9 Å². The molecule has 2 N–H and O–H groups in total. The first kappa shape index (κ1) is 11.5. The van der Waals surface area contributed by atoms with Crippen LogP contribution in [0.1, 0.15) is 0 Å². The van der Waals surface area contributed by atoms with Gasteiger partial charge in [-0.2, -0.15) is 0 Å². The lowest BCUT2D eigenvalue weighted by Gasteiger charge is -2.05. The number of nitro groups is 1. The smallest absolute Gasteiger partial charge is 0.320 e. The molecule has 0 radical (unpaired) electrons. The SMILES string of the molecule is C#CCNC(=O)Nc1ccccc1[N+](=O)[O-]. The van der Waals surface area contributed by atoms with Crippen molar-refractivity contribution < 1.29 is 9.72 Å². The number of nitrogens with one attached hydrogen (secondary N) is 2. The predicted octanol–water partition coefficient (Wildman–Crippen LogP) is 1.35. The van der Waals surface area contributed by atoms with Crippen molar-refractivity contribution in [3.8, 4) is 12.3 Å². The number of urea groups is 1. The molecule has 0 aliphatic carbocycles. The van der Waals surface area contributed by atoms with E-state index in [0.717, 1.165) is 0 Å². The van der Waals surface area contributed by atoms with Crippen LogP contribution in [0.5, 0.6) is 0 Å². The van der Waals surface area contributed by atoms with Gasteiger partial charge in [0.15, 0.2) is 0 Å². The molecule has 0 unspecified atom stereocenters. The summed E-state index contributed by atoms with van der Waals surface area (Å²) in [5, 5.41) is 15.3. The summed E-state index contributed by atoms with van der Waals surface area (Å²) in [5.41, 5.74) is -0.0413. The molecule has 0 fully saturated rings. The van der Waals surface area contributed by atoms with E-state index in [9.17, 15) is 14.9 Å². The number of nitro benzene ring substituents is 1. The van der Waals surface area contributed by atoms with Crippen molar-refractivity contribution in [2.45, 2.75) is 0 Å². The summed E-state index contributed by atoms with van der Waals surface area (Å²) in [6.45, 7) is 0.0620. The van der Waals surface area contributed by atoms with E-state index in [0.29, 0.717) is 0 Å². The van der Waals surface area contributed by atoms with E-state index in [1.807, 2.05) is 0 Å². The van der Waals surface area contributed by atoms with Gasteiger partial charge in [0, 0.05) is 6.07 Å². The quantitative estimate of drug-likeness (QED) is 0.457. The van der Waals surface area contributed by atoms with Crippen LogP contribution < -0.4 is 10.6 Å². The van der Waals surface area contributed by atoms with Crippen LogP contribution in [-0.4, -0.2) is 17.5 Å². The molecule has 0 aliphatic heterocycles. The summed E-state index contributed by atoms with van der Waals surface area (Å²) in [6.07, 6.45) is 4.95. The van der Waals surface area contributed by atoms with Crippen LogP contribution in [0.4, 0.5) is 16.2 Å². The number of amides is 2. The largest absolute Gasteiger partial charge is 0.327 e.